The van der Waals surface area contributed by atoms with Crippen molar-refractivity contribution in [2.75, 3.05) is 25.1 Å². The largest absolute Gasteiger partial charge is 0.474 e. The molecule has 0 aromatic carbocycles. The molecule has 0 spiro atoms. The Morgan fingerprint density at radius 1 is 1.53 bits per heavy atom. The van der Waals surface area contributed by atoms with Gasteiger partial charge in [0, 0.05) is 19.4 Å². The van der Waals surface area contributed by atoms with Crippen LogP contribution in [0.4, 0.5) is 11.5 Å². The third-order valence-corrected chi connectivity index (χ3v) is 2.81. The Hall–Kier alpha value is -1.89. The van der Waals surface area contributed by atoms with Gasteiger partial charge in [-0.05, 0) is 6.92 Å². The lowest BCUT2D eigenvalue weighted by atomic mass is 10.1. The van der Waals surface area contributed by atoms with Crippen LogP contribution in [0.3, 0.4) is 0 Å². The zero-order valence-electron chi connectivity index (χ0n) is 10.8. The molecular formula is C12H17N3O4. The van der Waals surface area contributed by atoms with Crippen molar-refractivity contribution in [3.63, 3.8) is 0 Å². The van der Waals surface area contributed by atoms with Crippen molar-refractivity contribution in [1.82, 2.24) is 4.98 Å². The molecule has 1 saturated heterocycles. The summed E-state index contributed by atoms with van der Waals surface area (Å²) in [5.74, 6) is 0.746. The second-order valence-corrected chi connectivity index (χ2v) is 4.27. The van der Waals surface area contributed by atoms with E-state index in [1.165, 1.54) is 12.1 Å². The highest BCUT2D eigenvalue weighted by Gasteiger charge is 2.18. The molecule has 7 nitrogen and oxygen atoms in total. The normalized spacial score (nSPS) is 16.1. The molecule has 1 aromatic rings. The predicted octanol–water partition coefficient (Wildman–Crippen LogP) is 1.98. The van der Waals surface area contributed by atoms with Gasteiger partial charge in [-0.2, -0.15) is 4.98 Å². The van der Waals surface area contributed by atoms with Crippen LogP contribution in [-0.4, -0.2) is 35.8 Å². The molecule has 7 heteroatoms. The van der Waals surface area contributed by atoms with E-state index in [-0.39, 0.29) is 17.7 Å². The van der Waals surface area contributed by atoms with E-state index in [1.807, 2.05) is 6.92 Å². The van der Waals surface area contributed by atoms with E-state index in [9.17, 15) is 10.1 Å². The number of rotatable bonds is 5. The summed E-state index contributed by atoms with van der Waals surface area (Å²) in [5.41, 5.74) is -0.0204. The molecular weight excluding hydrogens is 250 g/mol. The van der Waals surface area contributed by atoms with Crippen molar-refractivity contribution < 1.29 is 14.4 Å². The average molecular weight is 267 g/mol. The highest BCUT2D eigenvalue weighted by atomic mass is 16.6. The van der Waals surface area contributed by atoms with Crippen LogP contribution in [0.2, 0.25) is 0 Å². The molecule has 0 amide bonds. The number of hydrogen-bond donors (Lipinski definition) is 1. The van der Waals surface area contributed by atoms with Gasteiger partial charge in [0.15, 0.2) is 0 Å². The van der Waals surface area contributed by atoms with Gasteiger partial charge in [0.1, 0.15) is 11.9 Å². The lowest BCUT2D eigenvalue weighted by Crippen LogP contribution is -2.26. The fourth-order valence-electron chi connectivity index (χ4n) is 1.89. The Balaban J connectivity index is 2.15. The SMILES string of the molecule is CCNc1cc([N+](=O)[O-])cc(OC2CCOCC2)n1. The molecule has 1 N–H and O–H groups in total. The van der Waals surface area contributed by atoms with Crippen LogP contribution in [0.15, 0.2) is 12.1 Å². The van der Waals surface area contributed by atoms with Crippen molar-refractivity contribution in [2.45, 2.75) is 25.9 Å². The van der Waals surface area contributed by atoms with Crippen molar-refractivity contribution in [3.05, 3.63) is 22.2 Å². The fourth-order valence-corrected chi connectivity index (χ4v) is 1.89. The van der Waals surface area contributed by atoms with Crippen molar-refractivity contribution in [2.24, 2.45) is 0 Å². The minimum Gasteiger partial charge on any atom is -0.474 e. The Morgan fingerprint density at radius 3 is 2.89 bits per heavy atom. The van der Waals surface area contributed by atoms with Gasteiger partial charge in [-0.3, -0.25) is 10.1 Å². The second kappa shape index (κ2) is 6.33. The van der Waals surface area contributed by atoms with Gasteiger partial charge in [-0.15, -0.1) is 0 Å². The number of nitrogens with one attached hydrogen (secondary N) is 1. The lowest BCUT2D eigenvalue weighted by molar-refractivity contribution is -0.384. The van der Waals surface area contributed by atoms with Crippen LogP contribution < -0.4 is 10.1 Å². The minimum atomic E-state index is -0.445. The fraction of sp³-hybridized carbons (Fsp3) is 0.583. The molecule has 2 rings (SSSR count). The third-order valence-electron chi connectivity index (χ3n) is 2.81. The third kappa shape index (κ3) is 3.78. The summed E-state index contributed by atoms with van der Waals surface area (Å²) in [7, 11) is 0. The lowest BCUT2D eigenvalue weighted by Gasteiger charge is -2.22. The highest BCUT2D eigenvalue weighted by molar-refractivity contribution is 5.48. The molecule has 1 aliphatic rings. The summed E-state index contributed by atoms with van der Waals surface area (Å²) in [5, 5.41) is 13.8. The van der Waals surface area contributed by atoms with Gasteiger partial charge in [-0.1, -0.05) is 0 Å². The molecule has 19 heavy (non-hydrogen) atoms. The van der Waals surface area contributed by atoms with Crippen molar-refractivity contribution in [3.8, 4) is 5.88 Å². The number of hydrogen-bond acceptors (Lipinski definition) is 6. The summed E-state index contributed by atoms with van der Waals surface area (Å²) in [6.07, 6.45) is 1.57. The first-order chi connectivity index (χ1) is 9.19. The number of aromatic nitrogens is 1. The maximum atomic E-state index is 10.9. The predicted molar refractivity (Wildman–Crippen MR) is 69.5 cm³/mol. The molecule has 0 atom stereocenters. The molecule has 1 fully saturated rings. The molecule has 0 bridgehead atoms. The van der Waals surface area contributed by atoms with Crippen LogP contribution in [0, 0.1) is 10.1 Å². The first kappa shape index (κ1) is 13.5. The van der Waals surface area contributed by atoms with Crippen LogP contribution in [-0.2, 0) is 4.74 Å². The van der Waals surface area contributed by atoms with Crippen molar-refractivity contribution in [1.29, 1.82) is 0 Å². The maximum absolute atomic E-state index is 10.9. The Bertz CT molecular complexity index is 447. The standard InChI is InChI=1S/C12H17N3O4/c1-2-13-11-7-9(15(16)17)8-12(14-11)19-10-3-5-18-6-4-10/h7-8,10H,2-6H2,1H3,(H,13,14). The Labute approximate surface area is 111 Å². The monoisotopic (exact) mass is 267 g/mol. The van der Waals surface area contributed by atoms with Crippen LogP contribution in [0.25, 0.3) is 0 Å². The quantitative estimate of drug-likeness (QED) is 0.648. The van der Waals surface area contributed by atoms with E-state index in [2.05, 4.69) is 10.3 Å². The first-order valence-corrected chi connectivity index (χ1v) is 6.34. The molecule has 0 saturated carbocycles. The van der Waals surface area contributed by atoms with Crippen LogP contribution >= 0.6 is 0 Å². The zero-order chi connectivity index (χ0) is 13.7. The topological polar surface area (TPSA) is 86.5 Å². The summed E-state index contributed by atoms with van der Waals surface area (Å²) < 4.78 is 10.9. The maximum Gasteiger partial charge on any atom is 0.278 e. The van der Waals surface area contributed by atoms with E-state index >= 15 is 0 Å². The van der Waals surface area contributed by atoms with Gasteiger partial charge >= 0.3 is 0 Å². The first-order valence-electron chi connectivity index (χ1n) is 6.34. The molecule has 2 heterocycles. The number of pyridine rings is 1. The zero-order valence-corrected chi connectivity index (χ0v) is 10.8. The minimum absolute atomic E-state index is 0.0118. The van der Waals surface area contributed by atoms with Gasteiger partial charge in [0.05, 0.1) is 30.3 Å². The number of ether oxygens (including phenoxy) is 2. The smallest absolute Gasteiger partial charge is 0.278 e. The molecule has 1 aliphatic heterocycles. The van der Waals surface area contributed by atoms with E-state index < -0.39 is 4.92 Å². The average Bonchev–Trinajstić information content (AvgIpc) is 2.40. The number of nitrogens with zero attached hydrogens (tertiary/aromatic N) is 2. The molecule has 0 unspecified atom stereocenters. The Morgan fingerprint density at radius 2 is 2.26 bits per heavy atom. The highest BCUT2D eigenvalue weighted by Crippen LogP contribution is 2.24. The number of nitro groups is 1. The van der Waals surface area contributed by atoms with Gasteiger partial charge in [-0.25, -0.2) is 0 Å². The number of anilines is 1. The van der Waals surface area contributed by atoms with E-state index in [0.29, 0.717) is 25.6 Å². The summed E-state index contributed by atoms with van der Waals surface area (Å²) >= 11 is 0. The molecule has 0 radical (unpaired) electrons. The van der Waals surface area contributed by atoms with Crippen LogP contribution in [0.1, 0.15) is 19.8 Å². The van der Waals surface area contributed by atoms with Crippen LogP contribution in [0.5, 0.6) is 5.88 Å². The molecule has 1 aromatic heterocycles. The van der Waals surface area contributed by atoms with Crippen molar-refractivity contribution >= 4 is 11.5 Å². The molecule has 0 aliphatic carbocycles. The van der Waals surface area contributed by atoms with E-state index in [1.54, 1.807) is 0 Å². The summed E-state index contributed by atoms with van der Waals surface area (Å²) in [6.45, 7) is 3.85. The second-order valence-electron chi connectivity index (χ2n) is 4.27. The van der Waals surface area contributed by atoms with Gasteiger partial charge < -0.3 is 14.8 Å². The van der Waals surface area contributed by atoms with E-state index in [0.717, 1.165) is 12.8 Å². The van der Waals surface area contributed by atoms with E-state index in [4.69, 9.17) is 9.47 Å². The Kier molecular flexibility index (Phi) is 4.51. The summed E-state index contributed by atoms with van der Waals surface area (Å²) in [4.78, 5) is 14.7. The van der Waals surface area contributed by atoms with Gasteiger partial charge in [0.2, 0.25) is 5.88 Å². The van der Waals surface area contributed by atoms with Gasteiger partial charge in [0.25, 0.3) is 5.69 Å². The molecule has 104 valence electrons. The summed E-state index contributed by atoms with van der Waals surface area (Å²) in [6, 6.07) is 2.76.